The molecule has 0 bridgehead atoms. The first-order valence-corrected chi connectivity index (χ1v) is 6.68. The maximum atomic E-state index is 5.54. The van der Waals surface area contributed by atoms with E-state index in [9.17, 15) is 0 Å². The van der Waals surface area contributed by atoms with Crippen molar-refractivity contribution in [2.75, 3.05) is 13.1 Å². The zero-order valence-corrected chi connectivity index (χ0v) is 10.7. The summed E-state index contributed by atoms with van der Waals surface area (Å²) in [6.45, 7) is 7.47. The van der Waals surface area contributed by atoms with Crippen LogP contribution in [0.1, 0.15) is 38.2 Å². The summed E-state index contributed by atoms with van der Waals surface area (Å²) >= 11 is 0. The van der Waals surface area contributed by atoms with Crippen LogP contribution in [-0.2, 0) is 6.54 Å². The molecule has 2 rings (SSSR count). The second kappa shape index (κ2) is 6.65. The lowest BCUT2D eigenvalue weighted by atomic mass is 10.1. The van der Waals surface area contributed by atoms with E-state index in [-0.39, 0.29) is 0 Å². The molecule has 1 radical (unpaired) electrons. The van der Waals surface area contributed by atoms with Gasteiger partial charge in [-0.15, -0.1) is 0 Å². The monoisotopic (exact) mass is 232 g/mol. The van der Waals surface area contributed by atoms with Gasteiger partial charge in [-0.25, -0.2) is 0 Å². The minimum Gasteiger partial charge on any atom is -0.487 e. The van der Waals surface area contributed by atoms with Gasteiger partial charge in [0.25, 0.3) is 0 Å². The fraction of sp³-hybridized carbons (Fsp3) is 0.533. The summed E-state index contributed by atoms with van der Waals surface area (Å²) in [7, 11) is 0. The van der Waals surface area contributed by atoms with E-state index in [0.29, 0.717) is 0 Å². The maximum absolute atomic E-state index is 5.54. The van der Waals surface area contributed by atoms with Crippen molar-refractivity contribution in [2.45, 2.75) is 39.2 Å². The predicted molar refractivity (Wildman–Crippen MR) is 70.8 cm³/mol. The average molecular weight is 232 g/mol. The van der Waals surface area contributed by atoms with Crippen LogP contribution in [0, 0.1) is 6.61 Å². The summed E-state index contributed by atoms with van der Waals surface area (Å²) in [5.74, 6) is 0.960. The smallest absolute Gasteiger partial charge is 0.135 e. The third-order valence-corrected chi connectivity index (χ3v) is 3.14. The topological polar surface area (TPSA) is 12.5 Å². The molecular formula is C15H22NO. The summed E-state index contributed by atoms with van der Waals surface area (Å²) < 4.78 is 5.54. The number of benzene rings is 1. The highest BCUT2D eigenvalue weighted by Crippen LogP contribution is 2.18. The molecule has 0 spiro atoms. The number of piperidine rings is 1. The van der Waals surface area contributed by atoms with Crippen LogP contribution in [0.2, 0.25) is 0 Å². The van der Waals surface area contributed by atoms with E-state index < -0.39 is 0 Å². The summed E-state index contributed by atoms with van der Waals surface area (Å²) in [6.07, 6.45) is 5.03. The Morgan fingerprint density at radius 3 is 2.82 bits per heavy atom. The molecular weight excluding hydrogens is 210 g/mol. The van der Waals surface area contributed by atoms with Gasteiger partial charge in [-0.2, -0.15) is 0 Å². The van der Waals surface area contributed by atoms with Crippen molar-refractivity contribution in [2.24, 2.45) is 0 Å². The van der Waals surface area contributed by atoms with Crippen LogP contribution in [0.5, 0.6) is 5.75 Å². The number of ether oxygens (including phenoxy) is 1. The molecule has 0 aromatic heterocycles. The molecule has 0 atom stereocenters. The third kappa shape index (κ3) is 4.04. The Kier molecular flexibility index (Phi) is 4.87. The fourth-order valence-electron chi connectivity index (χ4n) is 2.27. The number of hydrogen-bond acceptors (Lipinski definition) is 2. The van der Waals surface area contributed by atoms with Gasteiger partial charge in [-0.05, 0) is 50.0 Å². The zero-order valence-electron chi connectivity index (χ0n) is 10.7. The van der Waals surface area contributed by atoms with Crippen molar-refractivity contribution in [1.29, 1.82) is 0 Å². The molecule has 1 aromatic carbocycles. The molecule has 0 saturated carbocycles. The van der Waals surface area contributed by atoms with Crippen LogP contribution in [0.25, 0.3) is 0 Å². The van der Waals surface area contributed by atoms with Crippen LogP contribution < -0.4 is 4.74 Å². The quantitative estimate of drug-likeness (QED) is 0.768. The van der Waals surface area contributed by atoms with Crippen molar-refractivity contribution in [1.82, 2.24) is 4.90 Å². The lowest BCUT2D eigenvalue weighted by Gasteiger charge is -2.26. The first-order valence-electron chi connectivity index (χ1n) is 6.68. The van der Waals surface area contributed by atoms with Crippen LogP contribution in [-0.4, -0.2) is 18.0 Å². The summed E-state index contributed by atoms with van der Waals surface area (Å²) in [4.78, 5) is 2.53. The number of nitrogens with zero attached hydrogens (tertiary/aromatic N) is 1. The molecule has 17 heavy (non-hydrogen) atoms. The van der Waals surface area contributed by atoms with E-state index in [1.165, 1.54) is 37.9 Å². The van der Waals surface area contributed by atoms with Crippen molar-refractivity contribution in [3.8, 4) is 5.75 Å². The highest BCUT2D eigenvalue weighted by molar-refractivity contribution is 5.28. The second-order valence-corrected chi connectivity index (χ2v) is 4.68. The Labute approximate surface area is 105 Å². The summed E-state index contributed by atoms with van der Waals surface area (Å²) in [5, 5.41) is 0. The molecule has 0 unspecified atom stereocenters. The van der Waals surface area contributed by atoms with E-state index in [1.54, 1.807) is 0 Å². The molecule has 0 aliphatic carbocycles. The molecule has 93 valence electrons. The summed E-state index contributed by atoms with van der Waals surface area (Å²) in [6, 6.07) is 8.44. The van der Waals surface area contributed by atoms with Gasteiger partial charge in [0.2, 0.25) is 0 Å². The minimum absolute atomic E-state index is 0.941. The van der Waals surface area contributed by atoms with E-state index in [4.69, 9.17) is 4.74 Å². The van der Waals surface area contributed by atoms with Gasteiger partial charge in [0, 0.05) is 6.54 Å². The SMILES string of the molecule is CC[CH]Oc1cccc(CN2CCCCC2)c1. The van der Waals surface area contributed by atoms with Crippen LogP contribution in [0.3, 0.4) is 0 Å². The minimum atomic E-state index is 0.941. The number of likely N-dealkylation sites (tertiary alicyclic amines) is 1. The van der Waals surface area contributed by atoms with Gasteiger partial charge in [-0.1, -0.05) is 25.5 Å². The Morgan fingerprint density at radius 2 is 2.06 bits per heavy atom. The largest absolute Gasteiger partial charge is 0.487 e. The van der Waals surface area contributed by atoms with Gasteiger partial charge < -0.3 is 4.74 Å². The lowest BCUT2D eigenvalue weighted by molar-refractivity contribution is 0.220. The van der Waals surface area contributed by atoms with Crippen molar-refractivity contribution < 1.29 is 4.74 Å². The first kappa shape index (κ1) is 12.4. The van der Waals surface area contributed by atoms with Crippen molar-refractivity contribution in [3.63, 3.8) is 0 Å². The predicted octanol–water partition coefficient (Wildman–Crippen LogP) is 3.62. The maximum Gasteiger partial charge on any atom is 0.135 e. The Morgan fingerprint density at radius 1 is 1.24 bits per heavy atom. The van der Waals surface area contributed by atoms with Gasteiger partial charge >= 0.3 is 0 Å². The molecule has 1 aliphatic rings. The molecule has 1 heterocycles. The van der Waals surface area contributed by atoms with Gasteiger partial charge in [0.05, 0.1) is 0 Å². The lowest BCUT2D eigenvalue weighted by Crippen LogP contribution is -2.29. The van der Waals surface area contributed by atoms with Crippen molar-refractivity contribution in [3.05, 3.63) is 36.4 Å². The van der Waals surface area contributed by atoms with Crippen LogP contribution in [0.4, 0.5) is 0 Å². The average Bonchev–Trinajstić information content (AvgIpc) is 2.38. The Bertz CT molecular complexity index is 331. The Balaban J connectivity index is 1.90. The van der Waals surface area contributed by atoms with Crippen LogP contribution >= 0.6 is 0 Å². The van der Waals surface area contributed by atoms with Gasteiger partial charge in [-0.3, -0.25) is 4.90 Å². The summed E-state index contributed by atoms with van der Waals surface area (Å²) in [5.41, 5.74) is 1.36. The first-order chi connectivity index (χ1) is 8.38. The number of rotatable bonds is 5. The highest BCUT2D eigenvalue weighted by Gasteiger charge is 2.10. The molecule has 0 amide bonds. The second-order valence-electron chi connectivity index (χ2n) is 4.68. The third-order valence-electron chi connectivity index (χ3n) is 3.14. The van der Waals surface area contributed by atoms with E-state index >= 15 is 0 Å². The molecule has 1 saturated heterocycles. The van der Waals surface area contributed by atoms with E-state index in [0.717, 1.165) is 18.7 Å². The zero-order chi connectivity index (χ0) is 11.9. The van der Waals surface area contributed by atoms with E-state index in [2.05, 4.69) is 30.0 Å². The fourth-order valence-corrected chi connectivity index (χ4v) is 2.27. The number of hydrogen-bond donors (Lipinski definition) is 0. The standard InChI is InChI=1S/C15H22NO/c1-2-11-17-15-8-6-7-14(12-15)13-16-9-4-3-5-10-16/h6-8,11-12H,2-5,9-10,13H2,1H3. The molecule has 2 nitrogen and oxygen atoms in total. The molecule has 2 heteroatoms. The van der Waals surface area contributed by atoms with E-state index in [1.807, 2.05) is 12.7 Å². The molecule has 0 N–H and O–H groups in total. The van der Waals surface area contributed by atoms with Gasteiger partial charge in [0.1, 0.15) is 12.4 Å². The highest BCUT2D eigenvalue weighted by atomic mass is 16.5. The normalized spacial score (nSPS) is 17.0. The molecule has 1 aliphatic heterocycles. The van der Waals surface area contributed by atoms with Gasteiger partial charge in [0.15, 0.2) is 0 Å². The van der Waals surface area contributed by atoms with Crippen molar-refractivity contribution >= 4 is 0 Å². The van der Waals surface area contributed by atoms with Crippen LogP contribution in [0.15, 0.2) is 24.3 Å². The molecule has 1 aromatic rings. The molecule has 1 fully saturated rings. The Hall–Kier alpha value is -1.02.